The van der Waals surface area contributed by atoms with E-state index in [-0.39, 0.29) is 12.0 Å². The lowest BCUT2D eigenvalue weighted by Crippen LogP contribution is -2.50. The van der Waals surface area contributed by atoms with E-state index in [4.69, 9.17) is 4.74 Å². The van der Waals surface area contributed by atoms with Gasteiger partial charge in [0.25, 0.3) is 5.91 Å². The van der Waals surface area contributed by atoms with Gasteiger partial charge in [0.2, 0.25) is 0 Å². The van der Waals surface area contributed by atoms with Crippen LogP contribution in [0, 0.1) is 0 Å². The second-order valence-electron chi connectivity index (χ2n) is 5.09. The fourth-order valence-electron chi connectivity index (χ4n) is 2.54. The van der Waals surface area contributed by atoms with Gasteiger partial charge in [-0.2, -0.15) is 0 Å². The summed E-state index contributed by atoms with van der Waals surface area (Å²) in [5, 5.41) is 0. The minimum Gasteiger partial charge on any atom is -0.450 e. The van der Waals surface area contributed by atoms with Crippen molar-refractivity contribution >= 4 is 17.6 Å². The van der Waals surface area contributed by atoms with Crippen molar-refractivity contribution in [1.82, 2.24) is 19.2 Å². The van der Waals surface area contributed by atoms with Crippen molar-refractivity contribution in [3.8, 4) is 0 Å². The molecule has 0 spiro atoms. The average molecular weight is 302 g/mol. The lowest BCUT2D eigenvalue weighted by molar-refractivity contribution is 0.0570. The van der Waals surface area contributed by atoms with Gasteiger partial charge in [-0.15, -0.1) is 0 Å². The van der Waals surface area contributed by atoms with Crippen LogP contribution >= 0.6 is 0 Å². The monoisotopic (exact) mass is 302 g/mol. The fraction of sp³-hybridized carbons (Fsp3) is 0.400. The zero-order valence-electron chi connectivity index (χ0n) is 12.4. The van der Waals surface area contributed by atoms with Gasteiger partial charge in [-0.05, 0) is 19.1 Å². The quantitative estimate of drug-likeness (QED) is 0.837. The molecule has 1 aliphatic rings. The van der Waals surface area contributed by atoms with E-state index >= 15 is 0 Å². The third-order valence-corrected chi connectivity index (χ3v) is 3.73. The molecule has 22 heavy (non-hydrogen) atoms. The largest absolute Gasteiger partial charge is 0.450 e. The number of piperazine rings is 1. The first-order valence-electron chi connectivity index (χ1n) is 7.32. The number of carbonyl (C=O) groups is 2. The van der Waals surface area contributed by atoms with Crippen LogP contribution in [0.15, 0.2) is 30.7 Å². The standard InChI is InChI=1S/C15H18N4O3/c1-2-22-15(21)18-9-7-17(8-10-18)14(20)12-3-4-13-16-5-6-19(13)11-12/h3-6,11H,2,7-10H2,1H3. The first kappa shape index (κ1) is 14.4. The first-order chi connectivity index (χ1) is 10.7. The van der Waals surface area contributed by atoms with Crippen molar-refractivity contribution in [2.45, 2.75) is 6.92 Å². The van der Waals surface area contributed by atoms with Crippen LogP contribution in [0.4, 0.5) is 4.79 Å². The van der Waals surface area contributed by atoms with E-state index in [1.807, 2.05) is 16.7 Å². The van der Waals surface area contributed by atoms with Crippen molar-refractivity contribution in [2.75, 3.05) is 32.8 Å². The molecular formula is C15H18N4O3. The summed E-state index contributed by atoms with van der Waals surface area (Å²) in [5.74, 6) is -0.0286. The van der Waals surface area contributed by atoms with Gasteiger partial charge in [-0.3, -0.25) is 4.79 Å². The Labute approximate surface area is 128 Å². The Kier molecular flexibility index (Phi) is 3.95. The highest BCUT2D eigenvalue weighted by atomic mass is 16.6. The minimum atomic E-state index is -0.311. The summed E-state index contributed by atoms with van der Waals surface area (Å²) in [6, 6.07) is 3.60. The molecule has 2 aromatic rings. The summed E-state index contributed by atoms with van der Waals surface area (Å²) < 4.78 is 6.80. The number of rotatable bonds is 2. The van der Waals surface area contributed by atoms with E-state index in [1.165, 1.54) is 0 Å². The molecule has 2 amide bonds. The molecule has 7 nitrogen and oxygen atoms in total. The van der Waals surface area contributed by atoms with E-state index in [1.54, 1.807) is 35.2 Å². The molecule has 0 unspecified atom stereocenters. The van der Waals surface area contributed by atoms with E-state index in [9.17, 15) is 9.59 Å². The molecule has 2 aromatic heterocycles. The molecule has 0 radical (unpaired) electrons. The van der Waals surface area contributed by atoms with E-state index in [0.29, 0.717) is 38.3 Å². The molecule has 3 rings (SSSR count). The number of hydrogen-bond acceptors (Lipinski definition) is 4. The summed E-state index contributed by atoms with van der Waals surface area (Å²) in [4.78, 5) is 31.7. The van der Waals surface area contributed by atoms with Crippen LogP contribution in [-0.2, 0) is 4.74 Å². The molecule has 0 N–H and O–H groups in total. The SMILES string of the molecule is CCOC(=O)N1CCN(C(=O)c2ccc3nccn3c2)CC1. The number of hydrogen-bond donors (Lipinski definition) is 0. The lowest BCUT2D eigenvalue weighted by Gasteiger charge is -2.34. The van der Waals surface area contributed by atoms with Gasteiger partial charge in [0.1, 0.15) is 5.65 Å². The zero-order valence-corrected chi connectivity index (χ0v) is 12.4. The average Bonchev–Trinajstić information content (AvgIpc) is 3.02. The number of nitrogens with zero attached hydrogens (tertiary/aromatic N) is 4. The number of ether oxygens (including phenoxy) is 1. The smallest absolute Gasteiger partial charge is 0.409 e. The maximum Gasteiger partial charge on any atom is 0.409 e. The highest BCUT2D eigenvalue weighted by Gasteiger charge is 2.25. The van der Waals surface area contributed by atoms with E-state index in [0.717, 1.165) is 5.65 Å². The molecule has 116 valence electrons. The highest BCUT2D eigenvalue weighted by molar-refractivity contribution is 5.94. The van der Waals surface area contributed by atoms with Gasteiger partial charge >= 0.3 is 6.09 Å². The number of aromatic nitrogens is 2. The second kappa shape index (κ2) is 6.05. The minimum absolute atomic E-state index is 0.0286. The van der Waals surface area contributed by atoms with Crippen LogP contribution in [0.3, 0.4) is 0 Å². The Morgan fingerprint density at radius 2 is 1.91 bits per heavy atom. The molecule has 1 fully saturated rings. The molecule has 0 atom stereocenters. The number of amides is 2. The Morgan fingerprint density at radius 3 is 2.64 bits per heavy atom. The molecule has 0 bridgehead atoms. The highest BCUT2D eigenvalue weighted by Crippen LogP contribution is 2.11. The number of carbonyl (C=O) groups excluding carboxylic acids is 2. The Bertz CT molecular complexity index is 689. The second-order valence-corrected chi connectivity index (χ2v) is 5.09. The summed E-state index contributed by atoms with van der Waals surface area (Å²) in [6.45, 7) is 4.17. The van der Waals surface area contributed by atoms with Gasteiger partial charge in [-0.25, -0.2) is 9.78 Å². The predicted molar refractivity (Wildman–Crippen MR) is 79.7 cm³/mol. The van der Waals surface area contributed by atoms with Crippen LogP contribution in [0.2, 0.25) is 0 Å². The van der Waals surface area contributed by atoms with Crippen LogP contribution in [0.5, 0.6) is 0 Å². The molecule has 0 aliphatic carbocycles. The normalized spacial score (nSPS) is 15.1. The predicted octanol–water partition coefficient (Wildman–Crippen LogP) is 1.25. The Morgan fingerprint density at radius 1 is 1.18 bits per heavy atom. The van der Waals surface area contributed by atoms with Crippen molar-refractivity contribution in [3.63, 3.8) is 0 Å². The van der Waals surface area contributed by atoms with Gasteiger partial charge in [0.05, 0.1) is 12.2 Å². The Balaban J connectivity index is 1.65. The summed E-state index contributed by atoms with van der Waals surface area (Å²) in [7, 11) is 0. The van der Waals surface area contributed by atoms with Crippen molar-refractivity contribution in [3.05, 3.63) is 36.3 Å². The van der Waals surface area contributed by atoms with Crippen LogP contribution in [-0.4, -0.2) is 64.0 Å². The van der Waals surface area contributed by atoms with E-state index in [2.05, 4.69) is 4.98 Å². The molecule has 1 saturated heterocycles. The van der Waals surface area contributed by atoms with Gasteiger partial charge in [-0.1, -0.05) is 0 Å². The van der Waals surface area contributed by atoms with Crippen molar-refractivity contribution < 1.29 is 14.3 Å². The third-order valence-electron chi connectivity index (χ3n) is 3.73. The molecule has 3 heterocycles. The molecule has 1 aliphatic heterocycles. The van der Waals surface area contributed by atoms with Crippen molar-refractivity contribution in [1.29, 1.82) is 0 Å². The molecular weight excluding hydrogens is 284 g/mol. The zero-order chi connectivity index (χ0) is 15.5. The van der Waals surface area contributed by atoms with Gasteiger partial charge in [0.15, 0.2) is 0 Å². The van der Waals surface area contributed by atoms with E-state index < -0.39 is 0 Å². The maximum absolute atomic E-state index is 12.5. The maximum atomic E-state index is 12.5. The van der Waals surface area contributed by atoms with Crippen molar-refractivity contribution in [2.24, 2.45) is 0 Å². The molecule has 0 aromatic carbocycles. The summed E-state index contributed by atoms with van der Waals surface area (Å²) in [5.41, 5.74) is 1.43. The number of imidazole rings is 1. The van der Waals surface area contributed by atoms with Gasteiger partial charge < -0.3 is 18.9 Å². The fourth-order valence-corrected chi connectivity index (χ4v) is 2.54. The first-order valence-corrected chi connectivity index (χ1v) is 7.32. The van der Waals surface area contributed by atoms with Crippen LogP contribution in [0.25, 0.3) is 5.65 Å². The third kappa shape index (κ3) is 2.74. The molecule has 0 saturated carbocycles. The number of pyridine rings is 1. The lowest BCUT2D eigenvalue weighted by atomic mass is 10.2. The molecule has 7 heteroatoms. The topological polar surface area (TPSA) is 67.2 Å². The van der Waals surface area contributed by atoms with Crippen LogP contribution in [0.1, 0.15) is 17.3 Å². The number of fused-ring (bicyclic) bond motifs is 1. The summed E-state index contributed by atoms with van der Waals surface area (Å²) >= 11 is 0. The Hall–Kier alpha value is -2.57. The summed E-state index contributed by atoms with van der Waals surface area (Å²) in [6.07, 6.45) is 4.98. The van der Waals surface area contributed by atoms with Gasteiger partial charge in [0, 0.05) is 44.8 Å². The van der Waals surface area contributed by atoms with Crippen LogP contribution < -0.4 is 0 Å².